The highest BCUT2D eigenvalue weighted by Crippen LogP contribution is 2.08. The van der Waals surface area contributed by atoms with E-state index in [1.54, 1.807) is 0 Å². The molecule has 0 aliphatic rings. The van der Waals surface area contributed by atoms with Crippen molar-refractivity contribution in [2.24, 2.45) is 5.84 Å². The fraction of sp³-hybridized carbons (Fsp3) is 0.154. The molecule has 0 spiro atoms. The number of hydrogen-bond acceptors (Lipinski definition) is 4. The molecule has 0 fully saturated rings. The lowest BCUT2D eigenvalue weighted by atomic mass is 10.1. The van der Waals surface area contributed by atoms with Crippen LogP contribution in [0, 0.1) is 0 Å². The molecule has 0 aliphatic carbocycles. The van der Waals surface area contributed by atoms with Gasteiger partial charge in [-0.25, -0.2) is 10.8 Å². The first-order chi connectivity index (χ1) is 8.38. The number of anilines is 2. The number of nitrogens with one attached hydrogen (secondary N) is 2. The van der Waals surface area contributed by atoms with Gasteiger partial charge in [0.2, 0.25) is 0 Å². The lowest BCUT2D eigenvalue weighted by molar-refractivity contribution is 1.01. The van der Waals surface area contributed by atoms with E-state index in [0.29, 0.717) is 5.82 Å². The average Bonchev–Trinajstić information content (AvgIpc) is 2.40. The van der Waals surface area contributed by atoms with Gasteiger partial charge in [0.1, 0.15) is 11.6 Å². The van der Waals surface area contributed by atoms with Crippen molar-refractivity contribution in [3.63, 3.8) is 0 Å². The predicted molar refractivity (Wildman–Crippen MR) is 70.7 cm³/mol. The Balaban J connectivity index is 1.86. The second kappa shape index (κ2) is 5.86. The van der Waals surface area contributed by atoms with Crippen LogP contribution in [0.15, 0.2) is 48.5 Å². The highest BCUT2D eigenvalue weighted by atomic mass is 15.3. The maximum atomic E-state index is 5.30. The third kappa shape index (κ3) is 3.46. The number of pyridine rings is 1. The van der Waals surface area contributed by atoms with E-state index in [1.165, 1.54) is 5.56 Å². The molecule has 0 bridgehead atoms. The highest BCUT2D eigenvalue weighted by molar-refractivity contribution is 5.44. The van der Waals surface area contributed by atoms with E-state index in [4.69, 9.17) is 5.84 Å². The van der Waals surface area contributed by atoms with Gasteiger partial charge in [0.15, 0.2) is 0 Å². The summed E-state index contributed by atoms with van der Waals surface area (Å²) in [5, 5.41) is 3.26. The van der Waals surface area contributed by atoms with Gasteiger partial charge in [-0.05, 0) is 24.1 Å². The number of aromatic nitrogens is 1. The third-order valence-corrected chi connectivity index (χ3v) is 2.46. The fourth-order valence-corrected chi connectivity index (χ4v) is 1.59. The summed E-state index contributed by atoms with van der Waals surface area (Å²) in [6, 6.07) is 16.0. The molecule has 0 unspecified atom stereocenters. The van der Waals surface area contributed by atoms with Gasteiger partial charge in [-0.1, -0.05) is 36.4 Å². The molecule has 17 heavy (non-hydrogen) atoms. The maximum Gasteiger partial charge on any atom is 0.142 e. The highest BCUT2D eigenvalue weighted by Gasteiger charge is 1.96. The maximum absolute atomic E-state index is 5.30. The quantitative estimate of drug-likeness (QED) is 0.541. The number of hydrogen-bond donors (Lipinski definition) is 3. The van der Waals surface area contributed by atoms with E-state index >= 15 is 0 Å². The first kappa shape index (κ1) is 11.4. The Morgan fingerprint density at radius 2 is 1.71 bits per heavy atom. The van der Waals surface area contributed by atoms with E-state index in [1.807, 2.05) is 36.4 Å². The summed E-state index contributed by atoms with van der Waals surface area (Å²) < 4.78 is 0. The van der Waals surface area contributed by atoms with Crippen LogP contribution in [0.4, 0.5) is 11.6 Å². The Labute approximate surface area is 101 Å². The molecule has 1 heterocycles. The van der Waals surface area contributed by atoms with Gasteiger partial charge >= 0.3 is 0 Å². The summed E-state index contributed by atoms with van der Waals surface area (Å²) in [4.78, 5) is 4.28. The molecule has 4 nitrogen and oxygen atoms in total. The number of nitrogens with zero attached hydrogens (tertiary/aromatic N) is 1. The number of nitrogens with two attached hydrogens (primary N) is 1. The van der Waals surface area contributed by atoms with Crippen LogP contribution in [0.1, 0.15) is 5.56 Å². The number of rotatable bonds is 5. The van der Waals surface area contributed by atoms with Crippen molar-refractivity contribution in [2.75, 3.05) is 17.3 Å². The standard InChI is InChI=1S/C13H16N4/c14-17-13-8-4-7-12(16-13)15-10-9-11-5-2-1-3-6-11/h1-8H,9-10,14H2,(H2,15,16,17). The molecular weight excluding hydrogens is 212 g/mol. The first-order valence-electron chi connectivity index (χ1n) is 5.60. The topological polar surface area (TPSA) is 63.0 Å². The smallest absolute Gasteiger partial charge is 0.142 e. The summed E-state index contributed by atoms with van der Waals surface area (Å²) >= 11 is 0. The molecule has 4 heteroatoms. The molecule has 88 valence electrons. The molecule has 2 rings (SSSR count). The Kier molecular flexibility index (Phi) is 3.94. The van der Waals surface area contributed by atoms with Gasteiger partial charge in [0, 0.05) is 6.54 Å². The molecule has 4 N–H and O–H groups in total. The summed E-state index contributed by atoms with van der Waals surface area (Å²) in [6.45, 7) is 0.852. The van der Waals surface area contributed by atoms with Crippen LogP contribution in [-0.4, -0.2) is 11.5 Å². The molecule has 0 saturated carbocycles. The Bertz CT molecular complexity index is 456. The minimum Gasteiger partial charge on any atom is -0.370 e. The van der Waals surface area contributed by atoms with E-state index in [0.717, 1.165) is 18.8 Å². The van der Waals surface area contributed by atoms with Crippen molar-refractivity contribution in [2.45, 2.75) is 6.42 Å². The van der Waals surface area contributed by atoms with Crippen LogP contribution in [0.2, 0.25) is 0 Å². The van der Waals surface area contributed by atoms with Crippen molar-refractivity contribution >= 4 is 11.6 Å². The molecular formula is C13H16N4. The molecule has 0 radical (unpaired) electrons. The van der Waals surface area contributed by atoms with E-state index < -0.39 is 0 Å². The van der Waals surface area contributed by atoms with Gasteiger partial charge in [-0.3, -0.25) is 0 Å². The minimum absolute atomic E-state index is 0.662. The number of benzene rings is 1. The van der Waals surface area contributed by atoms with Gasteiger partial charge in [-0.15, -0.1) is 0 Å². The van der Waals surface area contributed by atoms with Crippen LogP contribution < -0.4 is 16.6 Å². The second-order valence-corrected chi connectivity index (χ2v) is 3.71. The monoisotopic (exact) mass is 228 g/mol. The van der Waals surface area contributed by atoms with Crippen LogP contribution in [-0.2, 0) is 6.42 Å². The Morgan fingerprint density at radius 3 is 2.47 bits per heavy atom. The normalized spacial score (nSPS) is 9.94. The summed E-state index contributed by atoms with van der Waals surface area (Å²) in [6.07, 6.45) is 0.975. The molecule has 1 aromatic carbocycles. The first-order valence-corrected chi connectivity index (χ1v) is 5.60. The molecule has 0 aliphatic heterocycles. The van der Waals surface area contributed by atoms with Gasteiger partial charge < -0.3 is 10.7 Å². The summed E-state index contributed by atoms with van der Waals surface area (Å²) in [5.41, 5.74) is 3.84. The Morgan fingerprint density at radius 1 is 0.941 bits per heavy atom. The van der Waals surface area contributed by atoms with Crippen molar-refractivity contribution < 1.29 is 0 Å². The van der Waals surface area contributed by atoms with Crippen molar-refractivity contribution in [3.8, 4) is 0 Å². The third-order valence-electron chi connectivity index (χ3n) is 2.46. The second-order valence-electron chi connectivity index (χ2n) is 3.71. The zero-order chi connectivity index (χ0) is 11.9. The predicted octanol–water partition coefficient (Wildman–Crippen LogP) is 2.02. The number of hydrazine groups is 1. The fourth-order valence-electron chi connectivity index (χ4n) is 1.59. The van der Waals surface area contributed by atoms with Crippen molar-refractivity contribution in [1.82, 2.24) is 4.98 Å². The SMILES string of the molecule is NNc1cccc(NCCc2ccccc2)n1. The number of nitrogen functional groups attached to an aromatic ring is 1. The van der Waals surface area contributed by atoms with E-state index in [2.05, 4.69) is 27.9 Å². The molecule has 0 saturated heterocycles. The van der Waals surface area contributed by atoms with Crippen molar-refractivity contribution in [1.29, 1.82) is 0 Å². The molecule has 0 amide bonds. The molecule has 2 aromatic rings. The summed E-state index contributed by atoms with van der Waals surface area (Å²) in [5.74, 6) is 6.79. The minimum atomic E-state index is 0.662. The van der Waals surface area contributed by atoms with Gasteiger partial charge in [0.05, 0.1) is 0 Å². The average molecular weight is 228 g/mol. The van der Waals surface area contributed by atoms with E-state index in [9.17, 15) is 0 Å². The van der Waals surface area contributed by atoms with Crippen molar-refractivity contribution in [3.05, 3.63) is 54.1 Å². The van der Waals surface area contributed by atoms with Gasteiger partial charge in [-0.2, -0.15) is 0 Å². The van der Waals surface area contributed by atoms with Crippen LogP contribution in [0.5, 0.6) is 0 Å². The Hall–Kier alpha value is -2.07. The largest absolute Gasteiger partial charge is 0.370 e. The van der Waals surface area contributed by atoms with Gasteiger partial charge in [0.25, 0.3) is 0 Å². The zero-order valence-corrected chi connectivity index (χ0v) is 9.56. The van der Waals surface area contributed by atoms with Crippen LogP contribution in [0.25, 0.3) is 0 Å². The van der Waals surface area contributed by atoms with E-state index in [-0.39, 0.29) is 0 Å². The molecule has 1 aromatic heterocycles. The molecule has 0 atom stereocenters. The zero-order valence-electron chi connectivity index (χ0n) is 9.56. The lowest BCUT2D eigenvalue weighted by Gasteiger charge is -2.07. The summed E-state index contributed by atoms with van der Waals surface area (Å²) in [7, 11) is 0. The van der Waals surface area contributed by atoms with Crippen LogP contribution in [0.3, 0.4) is 0 Å². The van der Waals surface area contributed by atoms with Crippen LogP contribution >= 0.6 is 0 Å². The lowest BCUT2D eigenvalue weighted by Crippen LogP contribution is -2.11.